The molecule has 5 rings (SSSR count). The standard InChI is InChI=1S/C24H29N3O5S/c1-26-10-9-15-12-16-20(32-13-31-16)21(30-2)17(15)19(26)18-22(28)25-24(33)27(23(18)29)11-8-14-6-4-3-5-7-14/h6,12,19,29H,3-5,7-11,13H2,1-2H3,(H,25,28,33)/p+1/t19-/m0/s1. The third kappa shape index (κ3) is 3.83. The lowest BCUT2D eigenvalue weighted by atomic mass is 9.87. The maximum Gasteiger partial charge on any atom is 0.265 e. The highest BCUT2D eigenvalue weighted by Gasteiger charge is 2.40. The zero-order valence-corrected chi connectivity index (χ0v) is 19.8. The second-order valence-corrected chi connectivity index (χ2v) is 9.39. The molecule has 33 heavy (non-hydrogen) atoms. The van der Waals surface area contributed by atoms with E-state index in [1.807, 2.05) is 13.1 Å². The molecule has 3 N–H and O–H groups in total. The highest BCUT2D eigenvalue weighted by atomic mass is 32.1. The van der Waals surface area contributed by atoms with Crippen molar-refractivity contribution in [1.29, 1.82) is 0 Å². The van der Waals surface area contributed by atoms with Crippen LogP contribution in [0.2, 0.25) is 0 Å². The van der Waals surface area contributed by atoms with Gasteiger partial charge in [0, 0.05) is 13.0 Å². The first-order valence-corrected chi connectivity index (χ1v) is 12.0. The van der Waals surface area contributed by atoms with Crippen molar-refractivity contribution in [2.24, 2.45) is 0 Å². The Morgan fingerprint density at radius 1 is 1.30 bits per heavy atom. The Labute approximate surface area is 197 Å². The van der Waals surface area contributed by atoms with Gasteiger partial charge < -0.3 is 24.2 Å². The van der Waals surface area contributed by atoms with Gasteiger partial charge in [0.1, 0.15) is 5.56 Å². The maximum atomic E-state index is 13.2. The van der Waals surface area contributed by atoms with Crippen LogP contribution in [0.15, 0.2) is 22.5 Å². The summed E-state index contributed by atoms with van der Waals surface area (Å²) in [5.74, 6) is 1.68. The molecule has 1 aliphatic carbocycles. The van der Waals surface area contributed by atoms with Gasteiger partial charge in [-0.05, 0) is 56.0 Å². The average Bonchev–Trinajstić information content (AvgIpc) is 3.27. The van der Waals surface area contributed by atoms with Crippen molar-refractivity contribution in [2.45, 2.75) is 51.1 Å². The summed E-state index contributed by atoms with van der Waals surface area (Å²) in [4.78, 5) is 17.1. The molecule has 8 nitrogen and oxygen atoms in total. The Kier molecular flexibility index (Phi) is 5.92. The number of fused-ring (bicyclic) bond motifs is 2. The zero-order valence-electron chi connectivity index (χ0n) is 19.0. The number of rotatable bonds is 5. The molecule has 0 bridgehead atoms. The van der Waals surface area contributed by atoms with Crippen LogP contribution in [0, 0.1) is 4.77 Å². The number of aromatic hydroxyl groups is 1. The van der Waals surface area contributed by atoms with E-state index >= 15 is 0 Å². The summed E-state index contributed by atoms with van der Waals surface area (Å²) >= 11 is 5.44. The summed E-state index contributed by atoms with van der Waals surface area (Å²) in [5.41, 5.74) is 3.20. The number of allylic oxidation sites excluding steroid dienone is 2. The fraction of sp³-hybridized carbons (Fsp3) is 0.500. The molecular weight excluding hydrogens is 442 g/mol. The van der Waals surface area contributed by atoms with E-state index < -0.39 is 6.04 Å². The van der Waals surface area contributed by atoms with Crippen LogP contribution in [0.1, 0.15) is 54.8 Å². The normalized spacial score (nSPS) is 21.5. The van der Waals surface area contributed by atoms with E-state index in [1.54, 1.807) is 11.7 Å². The predicted molar refractivity (Wildman–Crippen MR) is 125 cm³/mol. The van der Waals surface area contributed by atoms with Crippen LogP contribution >= 0.6 is 12.2 Å². The number of methoxy groups -OCH3 is 1. The Hall–Kier alpha value is -2.78. The third-order valence-electron chi connectivity index (χ3n) is 7.05. The molecular formula is C24H30N3O5S+. The van der Waals surface area contributed by atoms with Crippen molar-refractivity contribution >= 4 is 12.2 Å². The van der Waals surface area contributed by atoms with Crippen LogP contribution in [0.25, 0.3) is 0 Å². The lowest BCUT2D eigenvalue weighted by Gasteiger charge is -2.33. The SMILES string of the molecule is COc1c2c(cc3c1[C@@H](c1c(O)n(CCC4=CCCCC4)c(=S)[nH]c1=O)[NH+](C)CC3)OCO2. The van der Waals surface area contributed by atoms with Crippen molar-refractivity contribution in [3.63, 3.8) is 0 Å². The van der Waals surface area contributed by atoms with Gasteiger partial charge in [-0.1, -0.05) is 11.6 Å². The number of nitrogens with zero attached hydrogens (tertiary/aromatic N) is 1. The van der Waals surface area contributed by atoms with E-state index in [1.165, 1.54) is 18.4 Å². The highest BCUT2D eigenvalue weighted by Crippen LogP contribution is 2.48. The molecule has 2 aromatic rings. The van der Waals surface area contributed by atoms with E-state index in [2.05, 4.69) is 11.1 Å². The maximum absolute atomic E-state index is 13.2. The number of hydrogen-bond acceptors (Lipinski definition) is 6. The molecule has 2 aliphatic heterocycles. The number of ether oxygens (including phenoxy) is 3. The summed E-state index contributed by atoms with van der Waals surface area (Å²) in [6.07, 6.45) is 8.51. The number of H-pyrrole nitrogens is 1. The minimum Gasteiger partial charge on any atom is -0.494 e. The number of nitrogens with one attached hydrogen (secondary N) is 2. The third-order valence-corrected chi connectivity index (χ3v) is 7.38. The predicted octanol–water partition coefficient (Wildman–Crippen LogP) is 2.40. The highest BCUT2D eigenvalue weighted by molar-refractivity contribution is 7.71. The summed E-state index contributed by atoms with van der Waals surface area (Å²) in [7, 11) is 3.61. The second kappa shape index (κ2) is 8.87. The van der Waals surface area contributed by atoms with Crippen LogP contribution in [0.3, 0.4) is 0 Å². The number of quaternary nitrogens is 1. The molecule has 1 unspecified atom stereocenters. The largest absolute Gasteiger partial charge is 0.494 e. The summed E-state index contributed by atoms with van der Waals surface area (Å²) in [6, 6.07) is 1.54. The van der Waals surface area contributed by atoms with Gasteiger partial charge in [-0.25, -0.2) is 0 Å². The Morgan fingerprint density at radius 3 is 2.91 bits per heavy atom. The van der Waals surface area contributed by atoms with Gasteiger partial charge in [0.2, 0.25) is 18.4 Å². The van der Waals surface area contributed by atoms with Crippen LogP contribution in [0.5, 0.6) is 23.1 Å². The average molecular weight is 473 g/mol. The molecule has 0 fully saturated rings. The van der Waals surface area contributed by atoms with E-state index in [-0.39, 0.29) is 23.0 Å². The fourth-order valence-corrected chi connectivity index (χ4v) is 5.62. The molecule has 0 saturated carbocycles. The van der Waals surface area contributed by atoms with Gasteiger partial charge in [-0.2, -0.15) is 0 Å². The van der Waals surface area contributed by atoms with Crippen molar-refractivity contribution in [1.82, 2.24) is 9.55 Å². The van der Waals surface area contributed by atoms with Gasteiger partial charge in [0.05, 0.1) is 26.3 Å². The first-order valence-electron chi connectivity index (χ1n) is 11.5. The van der Waals surface area contributed by atoms with Gasteiger partial charge in [0.15, 0.2) is 22.3 Å². The smallest absolute Gasteiger partial charge is 0.265 e. The van der Waals surface area contributed by atoms with E-state index in [0.717, 1.165) is 48.3 Å². The van der Waals surface area contributed by atoms with Crippen molar-refractivity contribution in [3.8, 4) is 23.1 Å². The molecule has 0 spiro atoms. The van der Waals surface area contributed by atoms with Crippen molar-refractivity contribution in [3.05, 3.63) is 49.5 Å². The Balaban J connectivity index is 1.62. The van der Waals surface area contributed by atoms with Crippen LogP contribution in [-0.4, -0.2) is 42.2 Å². The minimum atomic E-state index is -0.433. The Bertz CT molecular complexity index is 1230. The van der Waals surface area contributed by atoms with Crippen LogP contribution in [0.4, 0.5) is 0 Å². The van der Waals surface area contributed by atoms with Gasteiger partial charge >= 0.3 is 0 Å². The molecule has 1 aromatic heterocycles. The van der Waals surface area contributed by atoms with Gasteiger partial charge in [-0.3, -0.25) is 14.3 Å². The van der Waals surface area contributed by atoms with Gasteiger partial charge in [-0.15, -0.1) is 0 Å². The molecule has 176 valence electrons. The van der Waals surface area contributed by atoms with E-state index in [0.29, 0.717) is 29.4 Å². The summed E-state index contributed by atoms with van der Waals surface area (Å²) in [6.45, 7) is 1.45. The zero-order chi connectivity index (χ0) is 23.1. The Morgan fingerprint density at radius 2 is 2.15 bits per heavy atom. The molecule has 0 amide bonds. The molecule has 0 saturated heterocycles. The number of aromatic nitrogens is 2. The minimum absolute atomic E-state index is 0.0721. The molecule has 3 aliphatic rings. The lowest BCUT2D eigenvalue weighted by Crippen LogP contribution is -3.10. The molecule has 0 radical (unpaired) electrons. The number of likely N-dealkylation sites (N-methyl/N-ethyl adjacent to an activating group) is 1. The molecule has 3 heterocycles. The van der Waals surface area contributed by atoms with Crippen LogP contribution in [-0.2, 0) is 13.0 Å². The van der Waals surface area contributed by atoms with E-state index in [4.69, 9.17) is 26.4 Å². The number of hydrogen-bond donors (Lipinski definition) is 3. The van der Waals surface area contributed by atoms with E-state index in [9.17, 15) is 9.90 Å². The quantitative estimate of drug-likeness (QED) is 0.457. The van der Waals surface area contributed by atoms with Gasteiger partial charge in [0.25, 0.3) is 5.56 Å². The van der Waals surface area contributed by atoms with Crippen molar-refractivity contribution < 1.29 is 24.2 Å². The second-order valence-electron chi connectivity index (χ2n) is 9.00. The summed E-state index contributed by atoms with van der Waals surface area (Å²) in [5, 5.41) is 11.4. The van der Waals surface area contributed by atoms with Crippen molar-refractivity contribution in [2.75, 3.05) is 27.5 Å². The fourth-order valence-electron chi connectivity index (χ4n) is 5.35. The lowest BCUT2D eigenvalue weighted by molar-refractivity contribution is -0.908. The molecule has 2 atom stereocenters. The number of benzene rings is 1. The first-order chi connectivity index (χ1) is 16.0. The van der Waals surface area contributed by atoms with Crippen LogP contribution < -0.4 is 24.7 Å². The topological polar surface area (TPSA) is 90.2 Å². The molecule has 9 heteroatoms. The molecule has 1 aromatic carbocycles. The summed E-state index contributed by atoms with van der Waals surface area (Å²) < 4.78 is 18.9. The monoisotopic (exact) mass is 472 g/mol. The first kappa shape index (κ1) is 22.0. The number of aromatic amines is 1.